The monoisotopic (exact) mass is 284 g/mol. The minimum absolute atomic E-state index is 0.0189. The molecule has 21 heavy (non-hydrogen) atoms. The van der Waals surface area contributed by atoms with Crippen LogP contribution < -0.4 is 15.6 Å². The van der Waals surface area contributed by atoms with Gasteiger partial charge >= 0.3 is 0 Å². The van der Waals surface area contributed by atoms with Gasteiger partial charge in [-0.3, -0.25) is 4.79 Å². The van der Waals surface area contributed by atoms with Crippen LogP contribution in [-0.4, -0.2) is 10.2 Å². The third-order valence-electron chi connectivity index (χ3n) is 3.93. The number of hydrogen-bond donors (Lipinski definition) is 1. The van der Waals surface area contributed by atoms with Gasteiger partial charge in [-0.2, -0.15) is 0 Å². The van der Waals surface area contributed by atoms with Gasteiger partial charge in [0.15, 0.2) is 0 Å². The summed E-state index contributed by atoms with van der Waals surface area (Å²) < 4.78 is 7.72. The number of aryl methyl sites for hydroxylation is 1. The molecule has 1 atom stereocenters. The van der Waals surface area contributed by atoms with E-state index >= 15 is 0 Å². The highest BCUT2D eigenvalue weighted by Crippen LogP contribution is 2.44. The molecule has 0 bridgehead atoms. The summed E-state index contributed by atoms with van der Waals surface area (Å²) in [5, 5.41) is 3.50. The van der Waals surface area contributed by atoms with Gasteiger partial charge < -0.3 is 14.6 Å². The second kappa shape index (κ2) is 4.95. The Balaban J connectivity index is 1.95. The number of ether oxygens (including phenoxy) is 1. The Labute approximate surface area is 124 Å². The maximum Gasteiger partial charge on any atom is 0.250 e. The largest absolute Gasteiger partial charge is 0.485 e. The summed E-state index contributed by atoms with van der Waals surface area (Å²) in [7, 11) is 0. The molecule has 2 heterocycles. The number of nitrogens with one attached hydrogen (secondary N) is 1. The molecule has 4 heteroatoms. The number of benzene rings is 1. The van der Waals surface area contributed by atoms with Crippen LogP contribution >= 0.6 is 0 Å². The smallest absolute Gasteiger partial charge is 0.250 e. The van der Waals surface area contributed by atoms with Crippen LogP contribution in [0.5, 0.6) is 5.75 Å². The molecular formula is C17H20N2O2. The first-order valence-electron chi connectivity index (χ1n) is 7.26. The molecule has 1 aromatic heterocycles. The predicted octanol–water partition coefficient (Wildman–Crippen LogP) is 3.19. The zero-order valence-electron chi connectivity index (χ0n) is 12.6. The minimum atomic E-state index is -0.336. The zero-order valence-corrected chi connectivity index (χ0v) is 12.6. The van der Waals surface area contributed by atoms with Crippen molar-refractivity contribution < 1.29 is 4.74 Å². The van der Waals surface area contributed by atoms with Crippen LogP contribution in [-0.2, 0) is 6.54 Å². The second-order valence-electron chi connectivity index (χ2n) is 5.86. The summed E-state index contributed by atoms with van der Waals surface area (Å²) in [5.41, 5.74) is 1.76. The van der Waals surface area contributed by atoms with E-state index in [2.05, 4.69) is 25.2 Å². The van der Waals surface area contributed by atoms with Crippen LogP contribution in [0.1, 0.15) is 32.4 Å². The Morgan fingerprint density at radius 2 is 2.00 bits per heavy atom. The lowest BCUT2D eigenvalue weighted by Crippen LogP contribution is -2.35. The van der Waals surface area contributed by atoms with E-state index in [1.54, 1.807) is 10.6 Å². The van der Waals surface area contributed by atoms with Crippen molar-refractivity contribution in [1.29, 1.82) is 0 Å². The number of fused-ring (bicyclic) bond motifs is 1. The molecular weight excluding hydrogens is 264 g/mol. The summed E-state index contributed by atoms with van der Waals surface area (Å²) in [6.07, 6.45) is 1.86. The van der Waals surface area contributed by atoms with Crippen LogP contribution in [0.4, 0.5) is 5.69 Å². The van der Waals surface area contributed by atoms with E-state index in [9.17, 15) is 4.79 Å². The van der Waals surface area contributed by atoms with E-state index in [-0.39, 0.29) is 17.2 Å². The van der Waals surface area contributed by atoms with E-state index in [0.29, 0.717) is 6.54 Å². The Bertz CT molecular complexity index is 719. The van der Waals surface area contributed by atoms with E-state index < -0.39 is 0 Å². The molecule has 1 aliphatic heterocycles. The van der Waals surface area contributed by atoms with Gasteiger partial charge in [-0.05, 0) is 32.9 Å². The standard InChI is InChI=1S/C17H20N2O2/c1-4-19-11-12(9-10-15(19)20)18-16-13-7-5-6-8-14(13)21-17(16,2)3/h5-11,16,18H,4H2,1-3H3. The van der Waals surface area contributed by atoms with Crippen molar-refractivity contribution in [3.8, 4) is 5.75 Å². The average molecular weight is 284 g/mol. The third-order valence-corrected chi connectivity index (χ3v) is 3.93. The van der Waals surface area contributed by atoms with Gasteiger partial charge in [-0.15, -0.1) is 0 Å². The van der Waals surface area contributed by atoms with E-state index in [1.807, 2.05) is 37.4 Å². The number of anilines is 1. The fraction of sp³-hybridized carbons (Fsp3) is 0.353. The van der Waals surface area contributed by atoms with Gasteiger partial charge in [-0.1, -0.05) is 18.2 Å². The first kappa shape index (κ1) is 13.7. The molecule has 0 amide bonds. The Hall–Kier alpha value is -2.23. The maximum atomic E-state index is 11.7. The van der Waals surface area contributed by atoms with Crippen molar-refractivity contribution in [3.05, 3.63) is 58.5 Å². The Kier molecular flexibility index (Phi) is 3.24. The summed E-state index contributed by atoms with van der Waals surface area (Å²) in [4.78, 5) is 11.7. The molecule has 1 aliphatic rings. The highest BCUT2D eigenvalue weighted by atomic mass is 16.5. The lowest BCUT2D eigenvalue weighted by molar-refractivity contribution is 0.118. The summed E-state index contributed by atoms with van der Waals surface area (Å²) >= 11 is 0. The number of rotatable bonds is 3. The van der Waals surface area contributed by atoms with Gasteiger partial charge in [0.05, 0.1) is 11.7 Å². The van der Waals surface area contributed by atoms with Gasteiger partial charge in [-0.25, -0.2) is 0 Å². The number of pyridine rings is 1. The number of hydrogen-bond acceptors (Lipinski definition) is 3. The Morgan fingerprint density at radius 3 is 2.76 bits per heavy atom. The quantitative estimate of drug-likeness (QED) is 0.941. The maximum absolute atomic E-state index is 11.7. The first-order chi connectivity index (χ1) is 10.0. The van der Waals surface area contributed by atoms with Gasteiger partial charge in [0, 0.05) is 24.4 Å². The Morgan fingerprint density at radius 1 is 1.24 bits per heavy atom. The van der Waals surface area contributed by atoms with Crippen molar-refractivity contribution in [2.75, 3.05) is 5.32 Å². The third kappa shape index (κ3) is 2.42. The summed E-state index contributed by atoms with van der Waals surface area (Å²) in [6.45, 7) is 6.76. The normalized spacial score (nSPS) is 18.9. The molecule has 110 valence electrons. The molecule has 0 saturated heterocycles. The minimum Gasteiger partial charge on any atom is -0.485 e. The van der Waals surface area contributed by atoms with Crippen molar-refractivity contribution >= 4 is 5.69 Å². The SMILES string of the molecule is CCn1cc(NC2c3ccccc3OC2(C)C)ccc1=O. The van der Waals surface area contributed by atoms with Crippen molar-refractivity contribution in [1.82, 2.24) is 4.57 Å². The van der Waals surface area contributed by atoms with Crippen LogP contribution in [0.3, 0.4) is 0 Å². The first-order valence-corrected chi connectivity index (χ1v) is 7.26. The van der Waals surface area contributed by atoms with E-state index in [4.69, 9.17) is 4.74 Å². The van der Waals surface area contributed by atoms with Gasteiger partial charge in [0.25, 0.3) is 5.56 Å². The fourth-order valence-corrected chi connectivity index (χ4v) is 2.81. The molecule has 1 unspecified atom stereocenters. The number of aromatic nitrogens is 1. The summed E-state index contributed by atoms with van der Waals surface area (Å²) in [6, 6.07) is 11.5. The summed E-state index contributed by atoms with van der Waals surface area (Å²) in [5.74, 6) is 0.920. The lowest BCUT2D eigenvalue weighted by Gasteiger charge is -2.28. The van der Waals surface area contributed by atoms with E-state index in [0.717, 1.165) is 17.0 Å². The molecule has 3 rings (SSSR count). The molecule has 4 nitrogen and oxygen atoms in total. The molecule has 1 aromatic carbocycles. The van der Waals surface area contributed by atoms with Crippen LogP contribution in [0.2, 0.25) is 0 Å². The van der Waals surface area contributed by atoms with Gasteiger partial charge in [0.2, 0.25) is 0 Å². The molecule has 0 spiro atoms. The highest BCUT2D eigenvalue weighted by Gasteiger charge is 2.40. The number of nitrogens with zero attached hydrogens (tertiary/aromatic N) is 1. The van der Waals surface area contributed by atoms with Crippen LogP contribution in [0.25, 0.3) is 0 Å². The molecule has 0 saturated carbocycles. The van der Waals surface area contributed by atoms with Crippen molar-refractivity contribution in [2.45, 2.75) is 39.0 Å². The predicted molar refractivity (Wildman–Crippen MR) is 83.9 cm³/mol. The van der Waals surface area contributed by atoms with Crippen LogP contribution in [0.15, 0.2) is 47.4 Å². The molecule has 1 N–H and O–H groups in total. The molecule has 0 aliphatic carbocycles. The second-order valence-corrected chi connectivity index (χ2v) is 5.86. The topological polar surface area (TPSA) is 43.3 Å². The van der Waals surface area contributed by atoms with Crippen molar-refractivity contribution in [3.63, 3.8) is 0 Å². The number of para-hydroxylation sites is 1. The van der Waals surface area contributed by atoms with Crippen molar-refractivity contribution in [2.24, 2.45) is 0 Å². The molecule has 0 radical (unpaired) electrons. The molecule has 0 fully saturated rings. The molecule has 2 aromatic rings. The zero-order chi connectivity index (χ0) is 15.0. The van der Waals surface area contributed by atoms with Crippen LogP contribution in [0, 0.1) is 0 Å². The lowest BCUT2D eigenvalue weighted by atomic mass is 9.94. The fourth-order valence-electron chi connectivity index (χ4n) is 2.81. The van der Waals surface area contributed by atoms with Gasteiger partial charge in [0.1, 0.15) is 11.4 Å². The van der Waals surface area contributed by atoms with E-state index in [1.165, 1.54) is 0 Å². The highest BCUT2D eigenvalue weighted by molar-refractivity contribution is 5.50. The average Bonchev–Trinajstić information content (AvgIpc) is 2.71.